The van der Waals surface area contributed by atoms with Crippen LogP contribution in [0.1, 0.15) is 18.4 Å². The maximum atomic E-state index is 13.5. The molecule has 0 aromatic heterocycles. The second-order valence-corrected chi connectivity index (χ2v) is 4.20. The van der Waals surface area contributed by atoms with Crippen molar-refractivity contribution in [2.75, 3.05) is 6.61 Å². The Morgan fingerprint density at radius 2 is 2.12 bits per heavy atom. The van der Waals surface area contributed by atoms with Gasteiger partial charge in [-0.05, 0) is 24.8 Å². The first-order chi connectivity index (χ1) is 8.06. The molecule has 92 valence electrons. The smallest absolute Gasteiger partial charge is 0.307 e. The molecule has 0 amide bonds. The lowest BCUT2D eigenvalue weighted by Crippen LogP contribution is -2.08. The molecule has 1 fully saturated rings. The fraction of sp³-hybridized carbons (Fsp3) is 0.417. The van der Waals surface area contributed by atoms with Gasteiger partial charge in [-0.25, -0.2) is 8.78 Å². The minimum Gasteiger partial charge on any atom is -0.490 e. The molecule has 3 nitrogen and oxygen atoms in total. The lowest BCUT2D eigenvalue weighted by molar-refractivity contribution is -0.136. The Morgan fingerprint density at radius 3 is 2.71 bits per heavy atom. The summed E-state index contributed by atoms with van der Waals surface area (Å²) in [6.45, 7) is 0.356. The molecule has 1 aliphatic carbocycles. The molecule has 0 saturated heterocycles. The summed E-state index contributed by atoms with van der Waals surface area (Å²) in [6, 6.07) is 1.70. The van der Waals surface area contributed by atoms with Crippen LogP contribution in [0.2, 0.25) is 0 Å². The molecule has 1 saturated carbocycles. The summed E-state index contributed by atoms with van der Waals surface area (Å²) < 4.78 is 31.7. The average molecular weight is 242 g/mol. The number of halogens is 2. The second-order valence-electron chi connectivity index (χ2n) is 4.20. The van der Waals surface area contributed by atoms with Crippen molar-refractivity contribution in [1.29, 1.82) is 0 Å². The molecule has 2 rings (SSSR count). The van der Waals surface area contributed by atoms with E-state index < -0.39 is 24.0 Å². The fourth-order valence-corrected chi connectivity index (χ4v) is 1.56. The summed E-state index contributed by atoms with van der Waals surface area (Å²) in [6.07, 6.45) is 1.63. The first-order valence-electron chi connectivity index (χ1n) is 5.39. The highest BCUT2D eigenvalue weighted by atomic mass is 19.1. The third kappa shape index (κ3) is 3.15. The van der Waals surface area contributed by atoms with Gasteiger partial charge in [0.15, 0.2) is 11.6 Å². The zero-order valence-corrected chi connectivity index (χ0v) is 9.08. The van der Waals surface area contributed by atoms with E-state index in [4.69, 9.17) is 9.84 Å². The minimum atomic E-state index is -1.15. The van der Waals surface area contributed by atoms with Crippen LogP contribution in [0.15, 0.2) is 12.1 Å². The van der Waals surface area contributed by atoms with Gasteiger partial charge in [0.1, 0.15) is 5.82 Å². The monoisotopic (exact) mass is 242 g/mol. The summed E-state index contributed by atoms with van der Waals surface area (Å²) in [4.78, 5) is 10.6. The van der Waals surface area contributed by atoms with Crippen molar-refractivity contribution in [2.45, 2.75) is 19.3 Å². The molecular weight excluding hydrogens is 230 g/mol. The Morgan fingerprint density at radius 1 is 1.41 bits per heavy atom. The van der Waals surface area contributed by atoms with Gasteiger partial charge in [0.05, 0.1) is 13.0 Å². The lowest BCUT2D eigenvalue weighted by Gasteiger charge is -2.11. The fourth-order valence-electron chi connectivity index (χ4n) is 1.56. The SMILES string of the molecule is O=C(O)Cc1cc(F)cc(F)c1OCC1CC1. The van der Waals surface area contributed by atoms with Crippen molar-refractivity contribution in [3.8, 4) is 5.75 Å². The van der Waals surface area contributed by atoms with Crippen molar-refractivity contribution in [2.24, 2.45) is 5.92 Å². The van der Waals surface area contributed by atoms with Gasteiger partial charge in [0.25, 0.3) is 0 Å². The van der Waals surface area contributed by atoms with Crippen LogP contribution in [-0.2, 0) is 11.2 Å². The Labute approximate surface area is 97.0 Å². The van der Waals surface area contributed by atoms with Crippen molar-refractivity contribution in [1.82, 2.24) is 0 Å². The van der Waals surface area contributed by atoms with Crippen LogP contribution in [0.3, 0.4) is 0 Å². The van der Waals surface area contributed by atoms with Crippen LogP contribution in [0.4, 0.5) is 8.78 Å². The van der Waals surface area contributed by atoms with Gasteiger partial charge in [-0.3, -0.25) is 4.79 Å². The quantitative estimate of drug-likeness (QED) is 0.862. The van der Waals surface area contributed by atoms with Crippen LogP contribution in [0.5, 0.6) is 5.75 Å². The number of ether oxygens (including phenoxy) is 1. The average Bonchev–Trinajstić information content (AvgIpc) is 2.98. The molecule has 17 heavy (non-hydrogen) atoms. The van der Waals surface area contributed by atoms with E-state index in [1.807, 2.05) is 0 Å². The number of benzene rings is 1. The van der Waals surface area contributed by atoms with Gasteiger partial charge < -0.3 is 9.84 Å². The molecule has 1 aliphatic rings. The molecule has 0 spiro atoms. The van der Waals surface area contributed by atoms with E-state index in [1.54, 1.807) is 0 Å². The number of carboxylic acids is 1. The van der Waals surface area contributed by atoms with Crippen molar-refractivity contribution in [3.63, 3.8) is 0 Å². The van der Waals surface area contributed by atoms with Gasteiger partial charge in [0, 0.05) is 11.6 Å². The first-order valence-corrected chi connectivity index (χ1v) is 5.39. The predicted octanol–water partition coefficient (Wildman–Crippen LogP) is 2.38. The topological polar surface area (TPSA) is 46.5 Å². The highest BCUT2D eigenvalue weighted by Crippen LogP contribution is 2.32. The number of carbonyl (C=O) groups is 1. The molecule has 1 aromatic carbocycles. The zero-order valence-electron chi connectivity index (χ0n) is 9.08. The maximum Gasteiger partial charge on any atom is 0.307 e. The van der Waals surface area contributed by atoms with E-state index in [2.05, 4.69) is 0 Å². The molecule has 0 aliphatic heterocycles. The zero-order chi connectivity index (χ0) is 12.4. The van der Waals surface area contributed by atoms with Crippen LogP contribution < -0.4 is 4.74 Å². The van der Waals surface area contributed by atoms with Gasteiger partial charge in [-0.15, -0.1) is 0 Å². The second kappa shape index (κ2) is 4.69. The Kier molecular flexibility index (Phi) is 3.26. The first kappa shape index (κ1) is 11.8. The Bertz CT molecular complexity index is 442. The van der Waals surface area contributed by atoms with Crippen LogP contribution in [-0.4, -0.2) is 17.7 Å². The van der Waals surface area contributed by atoms with Gasteiger partial charge >= 0.3 is 5.97 Å². The summed E-state index contributed by atoms with van der Waals surface area (Å²) in [5, 5.41) is 8.66. The van der Waals surface area contributed by atoms with E-state index in [9.17, 15) is 13.6 Å². The molecule has 0 bridgehead atoms. The molecule has 0 heterocycles. The normalized spacial score (nSPS) is 14.7. The number of hydrogen-bond donors (Lipinski definition) is 1. The highest BCUT2D eigenvalue weighted by molar-refractivity contribution is 5.71. The van der Waals surface area contributed by atoms with Crippen molar-refractivity contribution >= 4 is 5.97 Å². The van der Waals surface area contributed by atoms with E-state index in [1.165, 1.54) is 0 Å². The molecule has 0 unspecified atom stereocenters. The van der Waals surface area contributed by atoms with Crippen LogP contribution in [0, 0.1) is 17.6 Å². The van der Waals surface area contributed by atoms with Crippen molar-refractivity contribution < 1.29 is 23.4 Å². The van der Waals surface area contributed by atoms with Crippen LogP contribution >= 0.6 is 0 Å². The Balaban J connectivity index is 2.21. The standard InChI is InChI=1S/C12H12F2O3/c13-9-3-8(4-11(15)16)12(10(14)5-9)17-6-7-1-2-7/h3,5,7H,1-2,4,6H2,(H,15,16). The minimum absolute atomic E-state index is 0.0376. The maximum absolute atomic E-state index is 13.5. The predicted molar refractivity (Wildman–Crippen MR) is 55.9 cm³/mol. The van der Waals surface area contributed by atoms with E-state index in [-0.39, 0.29) is 11.3 Å². The van der Waals surface area contributed by atoms with E-state index >= 15 is 0 Å². The summed E-state index contributed by atoms with van der Waals surface area (Å²) in [5.41, 5.74) is 0.0376. The number of hydrogen-bond acceptors (Lipinski definition) is 2. The molecule has 0 atom stereocenters. The number of carboxylic acid groups (broad SMARTS) is 1. The molecule has 1 N–H and O–H groups in total. The largest absolute Gasteiger partial charge is 0.490 e. The van der Waals surface area contributed by atoms with Gasteiger partial charge in [-0.2, -0.15) is 0 Å². The third-order valence-electron chi connectivity index (χ3n) is 2.59. The van der Waals surface area contributed by atoms with Crippen LogP contribution in [0.25, 0.3) is 0 Å². The number of aliphatic carboxylic acids is 1. The van der Waals surface area contributed by atoms with E-state index in [0.29, 0.717) is 18.6 Å². The van der Waals surface area contributed by atoms with E-state index in [0.717, 1.165) is 18.9 Å². The molecule has 0 radical (unpaired) electrons. The van der Waals surface area contributed by atoms with Gasteiger partial charge in [0.2, 0.25) is 0 Å². The molecule has 5 heteroatoms. The van der Waals surface area contributed by atoms with Crippen molar-refractivity contribution in [3.05, 3.63) is 29.3 Å². The summed E-state index contributed by atoms with van der Waals surface area (Å²) >= 11 is 0. The molecular formula is C12H12F2O3. The van der Waals surface area contributed by atoms with Gasteiger partial charge in [-0.1, -0.05) is 0 Å². The number of rotatable bonds is 5. The Hall–Kier alpha value is -1.65. The summed E-state index contributed by atoms with van der Waals surface area (Å²) in [7, 11) is 0. The molecule has 1 aromatic rings. The summed E-state index contributed by atoms with van der Waals surface area (Å²) in [5.74, 6) is -2.51. The lowest BCUT2D eigenvalue weighted by atomic mass is 10.1. The highest BCUT2D eigenvalue weighted by Gasteiger charge is 2.24. The third-order valence-corrected chi connectivity index (χ3v) is 2.59.